The van der Waals surface area contributed by atoms with Crippen LogP contribution in [0.4, 0.5) is 5.69 Å². The minimum atomic E-state index is 0.737. The molecule has 0 unspecified atom stereocenters. The van der Waals surface area contributed by atoms with Crippen LogP contribution in [-0.4, -0.2) is 19.7 Å². The Hall–Kier alpha value is -2.30. The van der Waals surface area contributed by atoms with Crippen LogP contribution in [0.3, 0.4) is 0 Å². The van der Waals surface area contributed by atoms with Crippen LogP contribution in [0.15, 0.2) is 24.3 Å². The Balaban J connectivity index is 2.15. The first-order valence-electron chi connectivity index (χ1n) is 6.53. The van der Waals surface area contributed by atoms with Gasteiger partial charge in [-0.3, -0.25) is 4.68 Å². The number of rotatable bonds is 3. The molecule has 0 aliphatic heterocycles. The Kier molecular flexibility index (Phi) is 2.74. The summed E-state index contributed by atoms with van der Waals surface area (Å²) in [5.41, 5.74) is 10.5. The van der Waals surface area contributed by atoms with Crippen molar-refractivity contribution in [1.29, 1.82) is 0 Å². The Bertz CT molecular complexity index is 723. The van der Waals surface area contributed by atoms with Crippen molar-refractivity contribution in [3.63, 3.8) is 0 Å². The molecule has 3 aromatic rings. The number of imidazole rings is 1. The third-order valence-corrected chi connectivity index (χ3v) is 3.24. The first-order chi connectivity index (χ1) is 9.21. The Morgan fingerprint density at radius 1 is 1.26 bits per heavy atom. The molecular weight excluding hydrogens is 238 g/mol. The lowest BCUT2D eigenvalue weighted by atomic mass is 10.3. The number of aromatic nitrogens is 4. The second-order valence-electron chi connectivity index (χ2n) is 4.55. The average molecular weight is 255 g/mol. The number of fused-ring (bicyclic) bond motifs is 1. The molecule has 3 N–H and O–H groups in total. The zero-order chi connectivity index (χ0) is 13.4. The van der Waals surface area contributed by atoms with Crippen LogP contribution in [0.2, 0.25) is 0 Å². The monoisotopic (exact) mass is 255 g/mol. The summed E-state index contributed by atoms with van der Waals surface area (Å²) in [5, 5.41) is 4.54. The maximum absolute atomic E-state index is 5.79. The number of H-pyrrole nitrogens is 1. The molecule has 0 spiro atoms. The van der Waals surface area contributed by atoms with Gasteiger partial charge < -0.3 is 10.7 Å². The standard InChI is InChI=1S/C14H17N5/c1-3-10-8-13(19(4-2)18-10)14-16-11-6-5-9(15)7-12(11)17-14/h5-8H,3-4,15H2,1-2H3,(H,16,17). The van der Waals surface area contributed by atoms with Crippen molar-refractivity contribution < 1.29 is 0 Å². The smallest absolute Gasteiger partial charge is 0.156 e. The molecule has 2 heterocycles. The van der Waals surface area contributed by atoms with Gasteiger partial charge in [0.15, 0.2) is 5.82 Å². The van der Waals surface area contributed by atoms with Gasteiger partial charge in [-0.05, 0) is 37.6 Å². The lowest BCUT2D eigenvalue weighted by Gasteiger charge is -2.00. The van der Waals surface area contributed by atoms with Gasteiger partial charge in [0, 0.05) is 12.2 Å². The molecule has 5 heteroatoms. The third kappa shape index (κ3) is 1.97. The minimum Gasteiger partial charge on any atom is -0.399 e. The zero-order valence-corrected chi connectivity index (χ0v) is 11.1. The predicted molar refractivity (Wildman–Crippen MR) is 76.8 cm³/mol. The van der Waals surface area contributed by atoms with E-state index in [1.165, 1.54) is 0 Å². The Morgan fingerprint density at radius 2 is 2.11 bits per heavy atom. The molecule has 0 saturated carbocycles. The predicted octanol–water partition coefficient (Wildman–Crippen LogP) is 2.59. The van der Waals surface area contributed by atoms with Crippen molar-refractivity contribution in [3.05, 3.63) is 30.0 Å². The van der Waals surface area contributed by atoms with Crippen LogP contribution in [0.25, 0.3) is 22.6 Å². The van der Waals surface area contributed by atoms with Crippen LogP contribution < -0.4 is 5.73 Å². The van der Waals surface area contributed by atoms with Gasteiger partial charge in [-0.15, -0.1) is 0 Å². The highest BCUT2D eigenvalue weighted by molar-refractivity contribution is 5.81. The second-order valence-corrected chi connectivity index (χ2v) is 4.55. The number of nitrogen functional groups attached to an aromatic ring is 1. The van der Waals surface area contributed by atoms with Gasteiger partial charge in [-0.1, -0.05) is 6.92 Å². The molecular formula is C14H17N5. The lowest BCUT2D eigenvalue weighted by molar-refractivity contribution is 0.653. The Morgan fingerprint density at radius 3 is 2.84 bits per heavy atom. The molecule has 0 atom stereocenters. The van der Waals surface area contributed by atoms with Crippen molar-refractivity contribution in [2.45, 2.75) is 26.8 Å². The van der Waals surface area contributed by atoms with E-state index in [0.29, 0.717) is 0 Å². The molecule has 0 aliphatic carbocycles. The highest BCUT2D eigenvalue weighted by Gasteiger charge is 2.12. The summed E-state index contributed by atoms with van der Waals surface area (Å²) in [6.45, 7) is 5.01. The average Bonchev–Trinajstić information content (AvgIpc) is 3.00. The van der Waals surface area contributed by atoms with Crippen LogP contribution in [0, 0.1) is 0 Å². The number of nitrogens with one attached hydrogen (secondary N) is 1. The van der Waals surface area contributed by atoms with Gasteiger partial charge >= 0.3 is 0 Å². The maximum atomic E-state index is 5.79. The summed E-state index contributed by atoms with van der Waals surface area (Å²) in [7, 11) is 0. The molecule has 2 aromatic heterocycles. The molecule has 0 fully saturated rings. The SMILES string of the molecule is CCc1cc(-c2nc3ccc(N)cc3[nH]2)n(CC)n1. The van der Waals surface area contributed by atoms with E-state index in [9.17, 15) is 0 Å². The van der Waals surface area contributed by atoms with Gasteiger partial charge in [0.05, 0.1) is 16.7 Å². The lowest BCUT2D eigenvalue weighted by Crippen LogP contribution is -2.00. The number of nitrogens with zero attached hydrogens (tertiary/aromatic N) is 3. The maximum Gasteiger partial charge on any atom is 0.156 e. The van der Waals surface area contributed by atoms with E-state index in [2.05, 4.69) is 35.0 Å². The van der Waals surface area contributed by atoms with E-state index >= 15 is 0 Å². The summed E-state index contributed by atoms with van der Waals surface area (Å²) in [5.74, 6) is 0.842. The Labute approximate surface area is 111 Å². The summed E-state index contributed by atoms with van der Waals surface area (Å²) in [4.78, 5) is 7.92. The number of benzene rings is 1. The summed E-state index contributed by atoms with van der Waals surface area (Å²) in [6.07, 6.45) is 0.924. The fourth-order valence-electron chi connectivity index (χ4n) is 2.22. The largest absolute Gasteiger partial charge is 0.399 e. The molecule has 0 amide bonds. The van der Waals surface area contributed by atoms with Gasteiger partial charge in [0.2, 0.25) is 0 Å². The van der Waals surface area contributed by atoms with Gasteiger partial charge in [-0.25, -0.2) is 4.98 Å². The summed E-state index contributed by atoms with van der Waals surface area (Å²) < 4.78 is 1.97. The number of aryl methyl sites for hydroxylation is 2. The van der Waals surface area contributed by atoms with Crippen LogP contribution >= 0.6 is 0 Å². The first-order valence-corrected chi connectivity index (χ1v) is 6.53. The highest BCUT2D eigenvalue weighted by atomic mass is 15.3. The summed E-state index contributed by atoms with van der Waals surface area (Å²) >= 11 is 0. The number of aromatic amines is 1. The van der Waals surface area contributed by atoms with Crippen molar-refractivity contribution in [2.75, 3.05) is 5.73 Å². The van der Waals surface area contributed by atoms with Gasteiger partial charge in [-0.2, -0.15) is 5.10 Å². The summed E-state index contributed by atoms with van der Waals surface area (Å²) in [6, 6.07) is 7.78. The van der Waals surface area contributed by atoms with E-state index in [1.807, 2.05) is 22.9 Å². The molecule has 98 valence electrons. The normalized spacial score (nSPS) is 11.3. The number of hydrogen-bond donors (Lipinski definition) is 2. The molecule has 3 rings (SSSR count). The fourth-order valence-corrected chi connectivity index (χ4v) is 2.22. The number of nitrogens with two attached hydrogens (primary N) is 1. The molecule has 0 saturated heterocycles. The molecule has 0 radical (unpaired) electrons. The van der Waals surface area contributed by atoms with Gasteiger partial charge in [0.1, 0.15) is 5.69 Å². The quantitative estimate of drug-likeness (QED) is 0.706. The van der Waals surface area contributed by atoms with Crippen LogP contribution in [-0.2, 0) is 13.0 Å². The van der Waals surface area contributed by atoms with Crippen LogP contribution in [0.1, 0.15) is 19.5 Å². The van der Waals surface area contributed by atoms with Crippen molar-refractivity contribution >= 4 is 16.7 Å². The molecule has 5 nitrogen and oxygen atoms in total. The topological polar surface area (TPSA) is 72.5 Å². The second kappa shape index (κ2) is 4.42. The van der Waals surface area contributed by atoms with Gasteiger partial charge in [0.25, 0.3) is 0 Å². The zero-order valence-electron chi connectivity index (χ0n) is 11.1. The molecule has 19 heavy (non-hydrogen) atoms. The van der Waals surface area contributed by atoms with E-state index in [-0.39, 0.29) is 0 Å². The molecule has 1 aromatic carbocycles. The van der Waals surface area contributed by atoms with E-state index in [0.717, 1.165) is 46.9 Å². The van der Waals surface area contributed by atoms with Crippen molar-refractivity contribution in [2.24, 2.45) is 0 Å². The molecule has 0 bridgehead atoms. The van der Waals surface area contributed by atoms with Crippen molar-refractivity contribution in [3.8, 4) is 11.5 Å². The molecule has 0 aliphatic rings. The highest BCUT2D eigenvalue weighted by Crippen LogP contribution is 2.23. The van der Waals surface area contributed by atoms with Crippen LogP contribution in [0.5, 0.6) is 0 Å². The number of anilines is 1. The van der Waals surface area contributed by atoms with E-state index in [4.69, 9.17) is 5.73 Å². The van der Waals surface area contributed by atoms with Crippen molar-refractivity contribution in [1.82, 2.24) is 19.7 Å². The van der Waals surface area contributed by atoms with E-state index in [1.54, 1.807) is 0 Å². The first kappa shape index (κ1) is 11.8. The minimum absolute atomic E-state index is 0.737. The third-order valence-electron chi connectivity index (χ3n) is 3.24. The fraction of sp³-hybridized carbons (Fsp3) is 0.286. The van der Waals surface area contributed by atoms with E-state index < -0.39 is 0 Å². The number of hydrogen-bond acceptors (Lipinski definition) is 3.